The number of hydrogen-bond acceptors (Lipinski definition) is 3. The number of nitrogens with zero attached hydrogens (tertiary/aromatic N) is 4. The highest BCUT2D eigenvalue weighted by Crippen LogP contribution is 2.19. The molecule has 0 N–H and O–H groups in total. The number of carbonyl (C=O) groups is 1. The lowest BCUT2D eigenvalue weighted by Crippen LogP contribution is -2.42. The van der Waals surface area contributed by atoms with Crippen molar-refractivity contribution in [2.75, 3.05) is 13.1 Å². The SMILES string of the molecule is CCC1CN(Cc2cnn(C)c2)CCC(=O)N1Cc1ccccc1. The Morgan fingerprint density at radius 1 is 1.17 bits per heavy atom. The minimum absolute atomic E-state index is 0.261. The normalized spacial score (nSPS) is 19.5. The van der Waals surface area contributed by atoms with Crippen molar-refractivity contribution < 1.29 is 4.79 Å². The van der Waals surface area contributed by atoms with Crippen LogP contribution in [0.15, 0.2) is 42.7 Å². The van der Waals surface area contributed by atoms with Crippen molar-refractivity contribution in [2.45, 2.75) is 38.9 Å². The van der Waals surface area contributed by atoms with Crippen LogP contribution in [0.1, 0.15) is 30.9 Å². The van der Waals surface area contributed by atoms with Crippen molar-refractivity contribution in [3.8, 4) is 0 Å². The van der Waals surface area contributed by atoms with Gasteiger partial charge >= 0.3 is 0 Å². The van der Waals surface area contributed by atoms with Crippen molar-refractivity contribution in [2.24, 2.45) is 7.05 Å². The summed E-state index contributed by atoms with van der Waals surface area (Å²) in [5, 5.41) is 4.24. The van der Waals surface area contributed by atoms with Gasteiger partial charge in [-0.25, -0.2) is 0 Å². The Balaban J connectivity index is 1.71. The molecule has 0 spiro atoms. The third-order valence-electron chi connectivity index (χ3n) is 4.70. The Hall–Kier alpha value is -2.14. The molecule has 5 nitrogen and oxygen atoms in total. The van der Waals surface area contributed by atoms with E-state index in [9.17, 15) is 4.79 Å². The molecule has 5 heteroatoms. The lowest BCUT2D eigenvalue weighted by atomic mass is 10.1. The summed E-state index contributed by atoms with van der Waals surface area (Å²) in [6.07, 6.45) is 5.52. The van der Waals surface area contributed by atoms with E-state index in [0.717, 1.165) is 26.1 Å². The van der Waals surface area contributed by atoms with Gasteiger partial charge in [-0.1, -0.05) is 37.3 Å². The first-order valence-electron chi connectivity index (χ1n) is 8.69. The Bertz CT molecular complexity index is 667. The highest BCUT2D eigenvalue weighted by Gasteiger charge is 2.28. The second-order valence-electron chi connectivity index (χ2n) is 6.58. The van der Waals surface area contributed by atoms with Gasteiger partial charge in [-0.05, 0) is 12.0 Å². The molecular formula is C19H26N4O. The van der Waals surface area contributed by atoms with Crippen LogP contribution < -0.4 is 0 Å². The second-order valence-corrected chi connectivity index (χ2v) is 6.58. The van der Waals surface area contributed by atoms with Gasteiger partial charge in [-0.2, -0.15) is 5.10 Å². The van der Waals surface area contributed by atoms with Gasteiger partial charge in [-0.3, -0.25) is 14.4 Å². The first-order valence-corrected chi connectivity index (χ1v) is 8.69. The monoisotopic (exact) mass is 326 g/mol. The quantitative estimate of drug-likeness (QED) is 0.847. The van der Waals surface area contributed by atoms with Crippen molar-refractivity contribution in [1.82, 2.24) is 19.6 Å². The van der Waals surface area contributed by atoms with Crippen LogP contribution >= 0.6 is 0 Å². The van der Waals surface area contributed by atoms with E-state index in [0.29, 0.717) is 13.0 Å². The number of aromatic nitrogens is 2. The van der Waals surface area contributed by atoms with Crippen LogP contribution in [0.25, 0.3) is 0 Å². The molecule has 128 valence electrons. The summed E-state index contributed by atoms with van der Waals surface area (Å²) in [5.41, 5.74) is 2.40. The highest BCUT2D eigenvalue weighted by atomic mass is 16.2. The number of amides is 1. The van der Waals surface area contributed by atoms with Gasteiger partial charge in [-0.15, -0.1) is 0 Å². The third-order valence-corrected chi connectivity index (χ3v) is 4.70. The Morgan fingerprint density at radius 2 is 1.96 bits per heavy atom. The van der Waals surface area contributed by atoms with Crippen molar-refractivity contribution in [1.29, 1.82) is 0 Å². The molecule has 1 amide bonds. The van der Waals surface area contributed by atoms with Crippen LogP contribution in [0, 0.1) is 0 Å². The Kier molecular flexibility index (Phi) is 5.30. The van der Waals surface area contributed by atoms with Gasteiger partial charge in [0, 0.05) is 57.4 Å². The van der Waals surface area contributed by atoms with E-state index in [1.165, 1.54) is 11.1 Å². The smallest absolute Gasteiger partial charge is 0.224 e. The molecule has 1 atom stereocenters. The molecule has 1 unspecified atom stereocenters. The molecule has 24 heavy (non-hydrogen) atoms. The molecule has 1 fully saturated rings. The number of benzene rings is 1. The minimum atomic E-state index is 0.261. The molecule has 1 saturated heterocycles. The number of carbonyl (C=O) groups excluding carboxylic acids is 1. The standard InChI is InChI=1S/C19H26N4O/c1-3-18-15-22(13-17-11-20-21(2)12-17)10-9-19(24)23(18)14-16-7-5-4-6-8-16/h4-8,11-12,18H,3,9-10,13-15H2,1-2H3. The van der Waals surface area contributed by atoms with Gasteiger partial charge in [0.15, 0.2) is 0 Å². The first-order chi connectivity index (χ1) is 11.7. The van der Waals surface area contributed by atoms with E-state index in [2.05, 4.69) is 40.2 Å². The minimum Gasteiger partial charge on any atom is -0.334 e. The van der Waals surface area contributed by atoms with Crippen LogP contribution in [0.2, 0.25) is 0 Å². The fourth-order valence-electron chi connectivity index (χ4n) is 3.39. The second kappa shape index (κ2) is 7.62. The highest BCUT2D eigenvalue weighted by molar-refractivity contribution is 5.77. The summed E-state index contributed by atoms with van der Waals surface area (Å²) < 4.78 is 1.83. The summed E-state index contributed by atoms with van der Waals surface area (Å²) in [5.74, 6) is 0.263. The zero-order valence-electron chi connectivity index (χ0n) is 14.6. The fourth-order valence-corrected chi connectivity index (χ4v) is 3.39. The summed E-state index contributed by atoms with van der Waals surface area (Å²) >= 11 is 0. The topological polar surface area (TPSA) is 41.4 Å². The van der Waals surface area contributed by atoms with Crippen molar-refractivity contribution in [3.05, 3.63) is 53.9 Å². The third kappa shape index (κ3) is 4.03. The summed E-state index contributed by atoms with van der Waals surface area (Å²) in [4.78, 5) is 17.1. The Morgan fingerprint density at radius 3 is 2.62 bits per heavy atom. The molecule has 0 radical (unpaired) electrons. The largest absolute Gasteiger partial charge is 0.334 e. The molecule has 1 aliphatic heterocycles. The van der Waals surface area contributed by atoms with Crippen LogP contribution in [0.5, 0.6) is 0 Å². The van der Waals surface area contributed by atoms with Gasteiger partial charge in [0.25, 0.3) is 0 Å². The summed E-state index contributed by atoms with van der Waals surface area (Å²) in [7, 11) is 1.94. The van der Waals surface area contributed by atoms with E-state index < -0.39 is 0 Å². The van der Waals surface area contributed by atoms with E-state index in [1.807, 2.05) is 36.1 Å². The van der Waals surface area contributed by atoms with Gasteiger partial charge < -0.3 is 4.90 Å². The maximum atomic E-state index is 12.7. The first kappa shape index (κ1) is 16.7. The number of aryl methyl sites for hydroxylation is 1. The maximum absolute atomic E-state index is 12.7. The van der Waals surface area contributed by atoms with Gasteiger partial charge in [0.1, 0.15) is 0 Å². The molecule has 1 aliphatic rings. The predicted octanol–water partition coefficient (Wildman–Crippen LogP) is 2.43. The predicted molar refractivity (Wildman–Crippen MR) is 94.2 cm³/mol. The molecule has 1 aromatic carbocycles. The summed E-state index contributed by atoms with van der Waals surface area (Å²) in [6.45, 7) is 5.47. The van der Waals surface area contributed by atoms with Crippen LogP contribution in [0.4, 0.5) is 0 Å². The van der Waals surface area contributed by atoms with Gasteiger partial charge in [0.2, 0.25) is 5.91 Å². The lowest BCUT2D eigenvalue weighted by molar-refractivity contribution is -0.133. The lowest BCUT2D eigenvalue weighted by Gasteiger charge is -2.31. The van der Waals surface area contributed by atoms with E-state index in [4.69, 9.17) is 0 Å². The molecular weight excluding hydrogens is 300 g/mol. The number of rotatable bonds is 5. The average molecular weight is 326 g/mol. The van der Waals surface area contributed by atoms with E-state index in [1.54, 1.807) is 0 Å². The van der Waals surface area contributed by atoms with Crippen LogP contribution in [0.3, 0.4) is 0 Å². The maximum Gasteiger partial charge on any atom is 0.224 e. The molecule has 2 heterocycles. The van der Waals surface area contributed by atoms with E-state index in [-0.39, 0.29) is 11.9 Å². The molecule has 2 aromatic rings. The fraction of sp³-hybridized carbons (Fsp3) is 0.474. The number of hydrogen-bond donors (Lipinski definition) is 0. The van der Waals surface area contributed by atoms with Crippen LogP contribution in [-0.2, 0) is 24.9 Å². The molecule has 3 rings (SSSR count). The molecule has 0 bridgehead atoms. The van der Waals surface area contributed by atoms with Crippen LogP contribution in [-0.4, -0.2) is 44.6 Å². The van der Waals surface area contributed by atoms with Crippen molar-refractivity contribution in [3.63, 3.8) is 0 Å². The van der Waals surface area contributed by atoms with Crippen molar-refractivity contribution >= 4 is 5.91 Å². The molecule has 0 saturated carbocycles. The zero-order valence-corrected chi connectivity index (χ0v) is 14.6. The van der Waals surface area contributed by atoms with E-state index >= 15 is 0 Å². The summed E-state index contributed by atoms with van der Waals surface area (Å²) in [6, 6.07) is 10.5. The van der Waals surface area contributed by atoms with Gasteiger partial charge in [0.05, 0.1) is 6.20 Å². The molecule has 0 aliphatic carbocycles. The Labute approximate surface area is 143 Å². The zero-order chi connectivity index (χ0) is 16.9. The molecule has 1 aromatic heterocycles. The average Bonchev–Trinajstić information content (AvgIpc) is 2.94.